The van der Waals surface area contributed by atoms with Gasteiger partial charge in [0.05, 0.1) is 24.5 Å². The van der Waals surface area contributed by atoms with Crippen molar-refractivity contribution in [2.45, 2.75) is 31.6 Å². The quantitative estimate of drug-likeness (QED) is 0.251. The molecule has 0 aliphatic heterocycles. The van der Waals surface area contributed by atoms with Crippen LogP contribution in [0.2, 0.25) is 0 Å². The third-order valence-electron chi connectivity index (χ3n) is 5.01. The fourth-order valence-electron chi connectivity index (χ4n) is 3.25. The van der Waals surface area contributed by atoms with E-state index in [0.29, 0.717) is 34.3 Å². The van der Waals surface area contributed by atoms with Crippen LogP contribution in [0.3, 0.4) is 0 Å². The highest BCUT2D eigenvalue weighted by atomic mass is 32.2. The van der Waals surface area contributed by atoms with Crippen LogP contribution in [0.15, 0.2) is 66.3 Å². The molecule has 1 aromatic heterocycles. The van der Waals surface area contributed by atoms with E-state index in [1.54, 1.807) is 42.5 Å². The number of hydrogen-bond donors (Lipinski definition) is 2. The van der Waals surface area contributed by atoms with Gasteiger partial charge in [-0.15, -0.1) is 16.8 Å². The lowest BCUT2D eigenvalue weighted by Gasteiger charge is -2.15. The van der Waals surface area contributed by atoms with E-state index in [-0.39, 0.29) is 17.6 Å². The number of nitrogens with zero attached hydrogens (tertiary/aromatic N) is 3. The number of rotatable bonds is 10. The van der Waals surface area contributed by atoms with Gasteiger partial charge in [0.25, 0.3) is 5.91 Å². The van der Waals surface area contributed by atoms with Crippen molar-refractivity contribution in [1.29, 1.82) is 0 Å². The van der Waals surface area contributed by atoms with E-state index in [9.17, 15) is 14.4 Å². The summed E-state index contributed by atoms with van der Waals surface area (Å²) in [6.07, 6.45) is 1.70. The first-order valence-corrected chi connectivity index (χ1v) is 11.8. The molecule has 182 valence electrons. The Morgan fingerprint density at radius 1 is 1.14 bits per heavy atom. The number of nitrogens with one attached hydrogen (secondary N) is 2. The van der Waals surface area contributed by atoms with Crippen molar-refractivity contribution < 1.29 is 19.1 Å². The van der Waals surface area contributed by atoms with Crippen LogP contribution in [-0.2, 0) is 16.1 Å². The van der Waals surface area contributed by atoms with Gasteiger partial charge in [-0.1, -0.05) is 41.6 Å². The number of amides is 2. The van der Waals surface area contributed by atoms with Gasteiger partial charge in [0.1, 0.15) is 0 Å². The van der Waals surface area contributed by atoms with Crippen molar-refractivity contribution in [3.05, 3.63) is 83.7 Å². The molecule has 0 radical (unpaired) electrons. The minimum absolute atomic E-state index is 0.0713. The lowest BCUT2D eigenvalue weighted by Crippen LogP contribution is -2.28. The second kappa shape index (κ2) is 12.0. The number of allylic oxidation sites excluding steroid dienone is 1. The molecular weight excluding hydrogens is 466 g/mol. The average molecular weight is 494 g/mol. The van der Waals surface area contributed by atoms with Crippen molar-refractivity contribution in [3.63, 3.8) is 0 Å². The van der Waals surface area contributed by atoms with E-state index in [0.717, 1.165) is 5.56 Å². The van der Waals surface area contributed by atoms with Gasteiger partial charge in [-0.05, 0) is 44.2 Å². The van der Waals surface area contributed by atoms with Crippen LogP contribution in [0, 0.1) is 6.92 Å². The highest BCUT2D eigenvalue weighted by molar-refractivity contribution is 7.99. The summed E-state index contributed by atoms with van der Waals surface area (Å²) < 4.78 is 6.51. The zero-order chi connectivity index (χ0) is 25.4. The number of carbonyl (C=O) groups excluding carboxylic acids is 3. The van der Waals surface area contributed by atoms with E-state index in [1.165, 1.54) is 18.9 Å². The molecule has 2 N–H and O–H groups in total. The molecule has 1 heterocycles. The molecule has 0 saturated heterocycles. The number of aryl methyl sites for hydroxylation is 1. The first-order chi connectivity index (χ1) is 16.8. The van der Waals surface area contributed by atoms with Gasteiger partial charge in [-0.2, -0.15) is 0 Å². The SMILES string of the molecule is C=CCn1c(SCC(=O)Nc2cccc(C(=O)OC)c2)nnc1[C@H](C)NC(=O)c1ccc(C)cc1. The maximum atomic E-state index is 12.6. The lowest BCUT2D eigenvalue weighted by molar-refractivity contribution is -0.113. The molecule has 9 nitrogen and oxygen atoms in total. The van der Waals surface area contributed by atoms with Crippen molar-refractivity contribution in [2.24, 2.45) is 0 Å². The summed E-state index contributed by atoms with van der Waals surface area (Å²) in [5.74, 6) is -0.342. The smallest absolute Gasteiger partial charge is 0.337 e. The van der Waals surface area contributed by atoms with Gasteiger partial charge in [-0.3, -0.25) is 9.59 Å². The van der Waals surface area contributed by atoms with Crippen LogP contribution >= 0.6 is 11.8 Å². The van der Waals surface area contributed by atoms with Gasteiger partial charge >= 0.3 is 5.97 Å². The van der Waals surface area contributed by atoms with Gasteiger partial charge in [0.2, 0.25) is 5.91 Å². The third-order valence-corrected chi connectivity index (χ3v) is 5.97. The Hall–Kier alpha value is -3.92. The number of methoxy groups -OCH3 is 1. The van der Waals surface area contributed by atoms with Crippen LogP contribution in [0.25, 0.3) is 0 Å². The molecule has 0 spiro atoms. The summed E-state index contributed by atoms with van der Waals surface area (Å²) in [6, 6.07) is 13.4. The van der Waals surface area contributed by atoms with Gasteiger partial charge < -0.3 is 19.9 Å². The Morgan fingerprint density at radius 3 is 2.57 bits per heavy atom. The maximum Gasteiger partial charge on any atom is 0.337 e. The Bertz CT molecular complexity index is 1220. The average Bonchev–Trinajstić information content (AvgIpc) is 3.25. The number of aromatic nitrogens is 3. The number of carbonyl (C=O) groups is 3. The molecule has 2 aromatic carbocycles. The highest BCUT2D eigenvalue weighted by Gasteiger charge is 2.20. The molecule has 35 heavy (non-hydrogen) atoms. The second-order valence-electron chi connectivity index (χ2n) is 7.71. The molecule has 2 amide bonds. The molecule has 3 aromatic rings. The fraction of sp³-hybridized carbons (Fsp3) is 0.240. The first-order valence-electron chi connectivity index (χ1n) is 10.8. The van der Waals surface area contributed by atoms with Gasteiger partial charge in [0.15, 0.2) is 11.0 Å². The van der Waals surface area contributed by atoms with Crippen molar-refractivity contribution in [3.8, 4) is 0 Å². The lowest BCUT2D eigenvalue weighted by atomic mass is 10.1. The van der Waals surface area contributed by atoms with Crippen molar-refractivity contribution in [1.82, 2.24) is 20.1 Å². The van der Waals surface area contributed by atoms with Crippen LogP contribution in [0.1, 0.15) is 45.1 Å². The number of ether oxygens (including phenoxy) is 1. The number of hydrogen-bond acceptors (Lipinski definition) is 7. The number of benzene rings is 2. The Kier molecular flexibility index (Phi) is 8.80. The molecule has 0 bridgehead atoms. The van der Waals surface area contributed by atoms with Crippen LogP contribution in [0.4, 0.5) is 5.69 Å². The summed E-state index contributed by atoms with van der Waals surface area (Å²) in [7, 11) is 1.30. The normalized spacial score (nSPS) is 11.4. The van der Waals surface area contributed by atoms with E-state index >= 15 is 0 Å². The van der Waals surface area contributed by atoms with Crippen LogP contribution in [0.5, 0.6) is 0 Å². The standard InChI is InChI=1S/C25H27N5O4S/c1-5-13-30-22(17(3)26-23(32)18-11-9-16(2)10-12-18)28-29-25(30)35-15-21(31)27-20-8-6-7-19(14-20)24(33)34-4/h5-12,14,17H,1,13,15H2,2-4H3,(H,26,32)(H,27,31)/t17-/m0/s1. The Morgan fingerprint density at radius 2 is 1.89 bits per heavy atom. The van der Waals surface area contributed by atoms with Gasteiger partial charge in [0, 0.05) is 17.8 Å². The molecule has 0 aliphatic rings. The van der Waals surface area contributed by atoms with Gasteiger partial charge in [-0.25, -0.2) is 4.79 Å². The highest BCUT2D eigenvalue weighted by Crippen LogP contribution is 2.22. The van der Waals surface area contributed by atoms with Crippen LogP contribution < -0.4 is 10.6 Å². The van der Waals surface area contributed by atoms with Crippen molar-refractivity contribution >= 4 is 35.2 Å². The third kappa shape index (κ3) is 6.80. The number of thioether (sulfide) groups is 1. The minimum Gasteiger partial charge on any atom is -0.465 e. The summed E-state index contributed by atoms with van der Waals surface area (Å²) in [5, 5.41) is 14.7. The molecule has 0 fully saturated rings. The largest absolute Gasteiger partial charge is 0.465 e. The molecule has 1 atom stereocenters. The molecule has 0 aliphatic carbocycles. The number of esters is 1. The summed E-state index contributed by atoms with van der Waals surface area (Å²) in [4.78, 5) is 36.8. The zero-order valence-corrected chi connectivity index (χ0v) is 20.6. The number of anilines is 1. The molecule has 0 saturated carbocycles. The van der Waals surface area contributed by atoms with E-state index in [4.69, 9.17) is 4.74 Å². The van der Waals surface area contributed by atoms with E-state index in [1.807, 2.05) is 30.5 Å². The maximum absolute atomic E-state index is 12.6. The fourth-order valence-corrected chi connectivity index (χ4v) is 4.00. The summed E-state index contributed by atoms with van der Waals surface area (Å²) in [5.41, 5.74) is 2.45. The summed E-state index contributed by atoms with van der Waals surface area (Å²) >= 11 is 1.21. The molecule has 10 heteroatoms. The summed E-state index contributed by atoms with van der Waals surface area (Å²) in [6.45, 7) is 7.98. The zero-order valence-electron chi connectivity index (χ0n) is 19.8. The van der Waals surface area contributed by atoms with E-state index < -0.39 is 12.0 Å². The predicted molar refractivity (Wildman–Crippen MR) is 134 cm³/mol. The topological polar surface area (TPSA) is 115 Å². The monoisotopic (exact) mass is 493 g/mol. The Labute approximate surface area is 208 Å². The predicted octanol–water partition coefficient (Wildman–Crippen LogP) is 3.78. The van der Waals surface area contributed by atoms with Crippen molar-refractivity contribution in [2.75, 3.05) is 18.2 Å². The molecule has 0 unspecified atom stereocenters. The van der Waals surface area contributed by atoms with Crippen LogP contribution in [-0.4, -0.2) is 45.4 Å². The van der Waals surface area contributed by atoms with E-state index in [2.05, 4.69) is 27.4 Å². The molecular formula is C25H27N5O4S. The minimum atomic E-state index is -0.482. The molecule has 3 rings (SSSR count). The first kappa shape index (κ1) is 25.7. The Balaban J connectivity index is 1.65. The second-order valence-corrected chi connectivity index (χ2v) is 8.65.